The van der Waals surface area contributed by atoms with Crippen LogP contribution in [-0.4, -0.2) is 12.6 Å². The molecule has 0 spiro atoms. The number of allylic oxidation sites excluding steroid dienone is 3. The Hall–Kier alpha value is -1.05. The third-order valence-electron chi connectivity index (χ3n) is 7.28. The van der Waals surface area contributed by atoms with Gasteiger partial charge in [0.05, 0.1) is 6.61 Å². The van der Waals surface area contributed by atoms with Crippen molar-refractivity contribution in [3.05, 3.63) is 24.3 Å². The van der Waals surface area contributed by atoms with Gasteiger partial charge in [0, 0.05) is 6.08 Å². The summed E-state index contributed by atoms with van der Waals surface area (Å²) in [5.41, 5.74) is 0. The fourth-order valence-electron chi connectivity index (χ4n) is 4.88. The highest BCUT2D eigenvalue weighted by molar-refractivity contribution is 5.82. The average molecular weight is 505 g/mol. The summed E-state index contributed by atoms with van der Waals surface area (Å²) in [6.07, 6.45) is 43.5. The predicted molar refractivity (Wildman–Crippen MR) is 161 cm³/mol. The molecule has 2 nitrogen and oxygen atoms in total. The maximum Gasteiger partial charge on any atom is 0.330 e. The lowest BCUT2D eigenvalue weighted by Crippen LogP contribution is -2.02. The molecule has 0 aromatic heterocycles. The van der Waals surface area contributed by atoms with E-state index in [4.69, 9.17) is 4.74 Å². The number of carbonyl (C=O) groups is 1. The first-order chi connectivity index (χ1) is 17.8. The lowest BCUT2D eigenvalue weighted by Gasteiger charge is -2.04. The van der Waals surface area contributed by atoms with Crippen molar-refractivity contribution in [2.45, 2.75) is 181 Å². The monoisotopic (exact) mass is 504 g/mol. The highest BCUT2D eigenvalue weighted by Gasteiger charge is 1.98. The Balaban J connectivity index is 3.09. The second kappa shape index (κ2) is 32.0. The normalized spacial score (nSPS) is 11.7. The Bertz CT molecular complexity index is 480. The Morgan fingerprint density at radius 3 is 1.08 bits per heavy atom. The molecule has 0 aliphatic heterocycles. The number of hydrogen-bond acceptors (Lipinski definition) is 2. The van der Waals surface area contributed by atoms with E-state index in [1.165, 1.54) is 167 Å². The van der Waals surface area contributed by atoms with Gasteiger partial charge in [-0.25, -0.2) is 4.79 Å². The minimum absolute atomic E-state index is 0.229. The Labute approximate surface area is 227 Å². The van der Waals surface area contributed by atoms with Crippen LogP contribution in [0.4, 0.5) is 0 Å². The predicted octanol–water partition coefficient (Wildman–Crippen LogP) is 11.8. The lowest BCUT2D eigenvalue weighted by atomic mass is 10.0. The van der Waals surface area contributed by atoms with Gasteiger partial charge in [-0.05, 0) is 13.3 Å². The standard InChI is InChI=1S/C34H64O2/c1-3-5-7-8-9-10-11-12-13-14-15-16-17-18-19-20-21-22-23-24-25-26-27-28-29-31-33-36-34(35)32-30-6-4-2/h4,6,30,32H,3,5,7-29,31,33H2,1-2H3/b6-4+,32-30+. The zero-order valence-corrected chi connectivity index (χ0v) is 24.7. The molecule has 0 aliphatic rings. The molecular formula is C34H64O2. The van der Waals surface area contributed by atoms with Crippen molar-refractivity contribution < 1.29 is 9.53 Å². The van der Waals surface area contributed by atoms with Gasteiger partial charge < -0.3 is 4.74 Å². The molecule has 36 heavy (non-hydrogen) atoms. The van der Waals surface area contributed by atoms with E-state index in [2.05, 4.69) is 6.92 Å². The summed E-state index contributed by atoms with van der Waals surface area (Å²) >= 11 is 0. The average Bonchev–Trinajstić information content (AvgIpc) is 2.88. The molecule has 0 bridgehead atoms. The van der Waals surface area contributed by atoms with E-state index < -0.39 is 0 Å². The van der Waals surface area contributed by atoms with Crippen LogP contribution < -0.4 is 0 Å². The summed E-state index contributed by atoms with van der Waals surface area (Å²) in [5, 5.41) is 0. The number of unbranched alkanes of at least 4 members (excludes halogenated alkanes) is 25. The summed E-state index contributed by atoms with van der Waals surface area (Å²) in [5.74, 6) is -0.229. The van der Waals surface area contributed by atoms with Gasteiger partial charge in [0.1, 0.15) is 0 Å². The Morgan fingerprint density at radius 2 is 0.778 bits per heavy atom. The van der Waals surface area contributed by atoms with E-state index in [0.717, 1.165) is 6.42 Å². The highest BCUT2D eigenvalue weighted by Crippen LogP contribution is 2.16. The molecule has 0 aromatic carbocycles. The molecule has 0 saturated heterocycles. The molecule has 0 atom stereocenters. The van der Waals surface area contributed by atoms with E-state index >= 15 is 0 Å². The van der Waals surface area contributed by atoms with Crippen molar-refractivity contribution in [3.8, 4) is 0 Å². The lowest BCUT2D eigenvalue weighted by molar-refractivity contribution is -0.137. The summed E-state index contributed by atoms with van der Waals surface area (Å²) in [6, 6.07) is 0. The van der Waals surface area contributed by atoms with Gasteiger partial charge >= 0.3 is 5.97 Å². The van der Waals surface area contributed by atoms with Crippen LogP contribution in [0.25, 0.3) is 0 Å². The first kappa shape index (κ1) is 35.0. The smallest absolute Gasteiger partial charge is 0.330 e. The van der Waals surface area contributed by atoms with Crippen LogP contribution >= 0.6 is 0 Å². The number of esters is 1. The summed E-state index contributed by atoms with van der Waals surface area (Å²) in [6.45, 7) is 4.78. The van der Waals surface area contributed by atoms with Gasteiger partial charge in [-0.3, -0.25) is 0 Å². The first-order valence-electron chi connectivity index (χ1n) is 16.3. The van der Waals surface area contributed by atoms with Gasteiger partial charge in [-0.2, -0.15) is 0 Å². The molecule has 212 valence electrons. The molecule has 0 saturated carbocycles. The molecule has 0 fully saturated rings. The molecule has 0 N–H and O–H groups in total. The molecular weight excluding hydrogens is 440 g/mol. The molecule has 0 aromatic rings. The van der Waals surface area contributed by atoms with Gasteiger partial charge in [0.15, 0.2) is 0 Å². The third kappa shape index (κ3) is 31.0. The fourth-order valence-corrected chi connectivity index (χ4v) is 4.88. The molecule has 0 heterocycles. The van der Waals surface area contributed by atoms with Crippen LogP contribution in [0, 0.1) is 0 Å². The van der Waals surface area contributed by atoms with E-state index in [1.54, 1.807) is 6.08 Å². The number of hydrogen-bond donors (Lipinski definition) is 0. The number of ether oxygens (including phenoxy) is 1. The SMILES string of the molecule is C/C=C/C=C/C(=O)OCCCCCCCCCCCCCCCCCCCCCCCCCCCC. The van der Waals surface area contributed by atoms with Crippen molar-refractivity contribution in [2.24, 2.45) is 0 Å². The summed E-state index contributed by atoms with van der Waals surface area (Å²) in [4.78, 5) is 11.4. The molecule has 0 unspecified atom stereocenters. The van der Waals surface area contributed by atoms with E-state index in [-0.39, 0.29) is 5.97 Å². The minimum atomic E-state index is -0.229. The van der Waals surface area contributed by atoms with Crippen molar-refractivity contribution in [2.75, 3.05) is 6.61 Å². The zero-order valence-electron chi connectivity index (χ0n) is 24.7. The van der Waals surface area contributed by atoms with Crippen molar-refractivity contribution in [3.63, 3.8) is 0 Å². The number of rotatable bonds is 29. The molecule has 0 rings (SSSR count). The van der Waals surface area contributed by atoms with Crippen molar-refractivity contribution in [1.82, 2.24) is 0 Å². The second-order valence-electron chi connectivity index (χ2n) is 10.9. The quantitative estimate of drug-likeness (QED) is 0.0438. The highest BCUT2D eigenvalue weighted by atomic mass is 16.5. The minimum Gasteiger partial charge on any atom is -0.463 e. The molecule has 0 radical (unpaired) electrons. The maximum absolute atomic E-state index is 11.4. The van der Waals surface area contributed by atoms with Crippen LogP contribution in [-0.2, 0) is 9.53 Å². The van der Waals surface area contributed by atoms with E-state index in [0.29, 0.717) is 6.61 Å². The molecule has 0 amide bonds. The van der Waals surface area contributed by atoms with Crippen LogP contribution in [0.1, 0.15) is 181 Å². The summed E-state index contributed by atoms with van der Waals surface area (Å²) in [7, 11) is 0. The Kier molecular flexibility index (Phi) is 31.0. The van der Waals surface area contributed by atoms with Gasteiger partial charge in [0.2, 0.25) is 0 Å². The number of carbonyl (C=O) groups excluding carboxylic acids is 1. The zero-order chi connectivity index (χ0) is 26.2. The fraction of sp³-hybridized carbons (Fsp3) is 0.853. The van der Waals surface area contributed by atoms with Crippen LogP contribution in [0.5, 0.6) is 0 Å². The van der Waals surface area contributed by atoms with E-state index in [1.807, 2.05) is 19.1 Å². The Morgan fingerprint density at radius 1 is 0.472 bits per heavy atom. The van der Waals surface area contributed by atoms with Gasteiger partial charge in [-0.15, -0.1) is 0 Å². The third-order valence-corrected chi connectivity index (χ3v) is 7.28. The second-order valence-corrected chi connectivity index (χ2v) is 10.9. The molecule has 2 heteroatoms. The summed E-state index contributed by atoms with van der Waals surface area (Å²) < 4.78 is 5.18. The van der Waals surface area contributed by atoms with Crippen LogP contribution in [0.15, 0.2) is 24.3 Å². The van der Waals surface area contributed by atoms with E-state index in [9.17, 15) is 4.79 Å². The molecule has 0 aliphatic carbocycles. The van der Waals surface area contributed by atoms with Crippen molar-refractivity contribution >= 4 is 5.97 Å². The topological polar surface area (TPSA) is 26.3 Å². The van der Waals surface area contributed by atoms with Gasteiger partial charge in [0.25, 0.3) is 0 Å². The van der Waals surface area contributed by atoms with Crippen LogP contribution in [0.2, 0.25) is 0 Å². The largest absolute Gasteiger partial charge is 0.463 e. The first-order valence-corrected chi connectivity index (χ1v) is 16.3. The maximum atomic E-state index is 11.4. The van der Waals surface area contributed by atoms with Crippen LogP contribution in [0.3, 0.4) is 0 Å². The van der Waals surface area contributed by atoms with Gasteiger partial charge in [-0.1, -0.05) is 186 Å². The van der Waals surface area contributed by atoms with Crippen molar-refractivity contribution in [1.29, 1.82) is 0 Å².